The van der Waals surface area contributed by atoms with Crippen molar-refractivity contribution in [2.24, 2.45) is 0 Å². The van der Waals surface area contributed by atoms with Gasteiger partial charge in [0, 0.05) is 31.4 Å². The number of pyridine rings is 2. The second-order valence-electron chi connectivity index (χ2n) is 6.34. The van der Waals surface area contributed by atoms with E-state index in [1.807, 2.05) is 18.2 Å². The van der Waals surface area contributed by atoms with Gasteiger partial charge in [-0.2, -0.15) is 10.5 Å². The molecule has 1 amide bonds. The number of carbonyl (C=O) groups is 1. The van der Waals surface area contributed by atoms with Crippen LogP contribution in [0, 0.1) is 22.7 Å². The molecule has 0 spiro atoms. The summed E-state index contributed by atoms with van der Waals surface area (Å²) in [5.41, 5.74) is 3.08. The molecule has 0 fully saturated rings. The van der Waals surface area contributed by atoms with E-state index in [1.54, 1.807) is 37.5 Å². The van der Waals surface area contributed by atoms with Crippen LogP contribution in [-0.4, -0.2) is 22.9 Å². The summed E-state index contributed by atoms with van der Waals surface area (Å²) in [5.74, 6) is 0.536. The molecule has 3 aromatic rings. The highest BCUT2D eigenvalue weighted by Gasteiger charge is 2.21. The first kappa shape index (κ1) is 20.3. The average Bonchev–Trinajstić information content (AvgIpc) is 2.77. The van der Waals surface area contributed by atoms with Gasteiger partial charge in [0.05, 0.1) is 12.2 Å². The molecule has 0 aliphatic heterocycles. The Morgan fingerprint density at radius 2 is 1.73 bits per heavy atom. The van der Waals surface area contributed by atoms with Crippen molar-refractivity contribution in [1.82, 2.24) is 9.97 Å². The fourth-order valence-electron chi connectivity index (χ4n) is 3.00. The summed E-state index contributed by atoms with van der Waals surface area (Å²) >= 11 is 0. The largest absolute Gasteiger partial charge is 0.372 e. The molecule has 2 heterocycles. The van der Waals surface area contributed by atoms with Crippen molar-refractivity contribution in [3.63, 3.8) is 0 Å². The SMILES string of the molecule is CNc1nc(NCc2ccccn2)c(C#N)c(-c2ccc(NC(C)=O)cc2)c1C#N. The topological polar surface area (TPSA) is 127 Å². The van der Waals surface area contributed by atoms with E-state index in [1.165, 1.54) is 6.92 Å². The van der Waals surface area contributed by atoms with E-state index in [4.69, 9.17) is 0 Å². The van der Waals surface area contributed by atoms with E-state index in [-0.39, 0.29) is 17.0 Å². The maximum absolute atomic E-state index is 11.3. The number of nitrogens with zero attached hydrogens (tertiary/aromatic N) is 4. The molecule has 2 aromatic heterocycles. The first-order valence-electron chi connectivity index (χ1n) is 9.15. The van der Waals surface area contributed by atoms with E-state index in [9.17, 15) is 15.3 Å². The number of carbonyl (C=O) groups excluding carboxylic acids is 1. The van der Waals surface area contributed by atoms with Crippen LogP contribution in [0.4, 0.5) is 17.3 Å². The van der Waals surface area contributed by atoms with Crippen LogP contribution in [0.3, 0.4) is 0 Å². The summed E-state index contributed by atoms with van der Waals surface area (Å²) in [6.45, 7) is 1.80. The molecule has 0 saturated carbocycles. The molecule has 8 nitrogen and oxygen atoms in total. The molecule has 0 unspecified atom stereocenters. The van der Waals surface area contributed by atoms with Gasteiger partial charge in [0.1, 0.15) is 34.9 Å². The number of nitrogens with one attached hydrogen (secondary N) is 3. The Morgan fingerprint density at radius 3 is 2.30 bits per heavy atom. The lowest BCUT2D eigenvalue weighted by Gasteiger charge is -2.16. The number of hydrogen-bond donors (Lipinski definition) is 3. The minimum Gasteiger partial charge on any atom is -0.372 e. The molecular formula is C22H19N7O. The lowest BCUT2D eigenvalue weighted by atomic mass is 9.95. The molecule has 0 aliphatic rings. The molecule has 8 heteroatoms. The number of rotatable bonds is 6. The lowest BCUT2D eigenvalue weighted by molar-refractivity contribution is -0.114. The Bertz CT molecular complexity index is 1140. The number of amides is 1. The predicted octanol–water partition coefficient (Wildman–Crippen LogP) is 3.50. The van der Waals surface area contributed by atoms with Gasteiger partial charge in [0.2, 0.25) is 5.91 Å². The second kappa shape index (κ2) is 9.18. The molecule has 3 rings (SSSR count). The summed E-state index contributed by atoms with van der Waals surface area (Å²) in [5, 5.41) is 28.4. The second-order valence-corrected chi connectivity index (χ2v) is 6.34. The minimum absolute atomic E-state index is 0.180. The average molecular weight is 397 g/mol. The van der Waals surface area contributed by atoms with Gasteiger partial charge in [-0.05, 0) is 29.8 Å². The summed E-state index contributed by atoms with van der Waals surface area (Å²) in [4.78, 5) is 20.0. The standard InChI is InChI=1S/C22H19N7O/c1-14(30)28-16-8-6-15(7-9-16)20-18(11-23)21(25-2)29-22(19(20)12-24)27-13-17-5-3-4-10-26-17/h3-10H,13H2,1-2H3,(H,28,30)(H2,25,27,29). The van der Waals surface area contributed by atoms with Gasteiger partial charge < -0.3 is 16.0 Å². The smallest absolute Gasteiger partial charge is 0.221 e. The molecule has 0 radical (unpaired) electrons. The number of hydrogen-bond acceptors (Lipinski definition) is 7. The molecule has 0 saturated heterocycles. The molecule has 3 N–H and O–H groups in total. The Morgan fingerprint density at radius 1 is 1.03 bits per heavy atom. The third kappa shape index (κ3) is 4.34. The van der Waals surface area contributed by atoms with Crippen LogP contribution in [0.5, 0.6) is 0 Å². The summed E-state index contributed by atoms with van der Waals surface area (Å²) < 4.78 is 0. The molecule has 1 aromatic carbocycles. The highest BCUT2D eigenvalue weighted by Crippen LogP contribution is 2.35. The summed E-state index contributed by atoms with van der Waals surface area (Å²) in [6, 6.07) is 16.8. The zero-order valence-corrected chi connectivity index (χ0v) is 16.5. The molecule has 148 valence electrons. The highest BCUT2D eigenvalue weighted by molar-refractivity contribution is 5.90. The molecule has 0 aliphatic carbocycles. The summed E-state index contributed by atoms with van der Waals surface area (Å²) in [6.07, 6.45) is 1.69. The van der Waals surface area contributed by atoms with Crippen molar-refractivity contribution < 1.29 is 4.79 Å². The van der Waals surface area contributed by atoms with E-state index >= 15 is 0 Å². The number of benzene rings is 1. The number of anilines is 3. The van der Waals surface area contributed by atoms with Crippen molar-refractivity contribution in [2.45, 2.75) is 13.5 Å². The fraction of sp³-hybridized carbons (Fsp3) is 0.136. The van der Waals surface area contributed by atoms with Crippen molar-refractivity contribution in [3.8, 4) is 23.3 Å². The van der Waals surface area contributed by atoms with Crippen LogP contribution >= 0.6 is 0 Å². The van der Waals surface area contributed by atoms with Gasteiger partial charge in [-0.25, -0.2) is 4.98 Å². The minimum atomic E-state index is -0.180. The molecule has 0 bridgehead atoms. The lowest BCUT2D eigenvalue weighted by Crippen LogP contribution is -2.10. The van der Waals surface area contributed by atoms with Crippen LogP contribution in [0.25, 0.3) is 11.1 Å². The Labute approximate surface area is 174 Å². The van der Waals surface area contributed by atoms with Crippen molar-refractivity contribution in [3.05, 3.63) is 65.5 Å². The predicted molar refractivity (Wildman–Crippen MR) is 115 cm³/mol. The number of nitriles is 2. The van der Waals surface area contributed by atoms with Crippen LogP contribution in [-0.2, 0) is 11.3 Å². The van der Waals surface area contributed by atoms with E-state index in [0.29, 0.717) is 35.0 Å². The first-order valence-corrected chi connectivity index (χ1v) is 9.15. The maximum Gasteiger partial charge on any atom is 0.221 e. The van der Waals surface area contributed by atoms with Crippen LogP contribution in [0.15, 0.2) is 48.7 Å². The Balaban J connectivity index is 2.09. The summed E-state index contributed by atoms with van der Waals surface area (Å²) in [7, 11) is 1.67. The number of aromatic nitrogens is 2. The monoisotopic (exact) mass is 397 g/mol. The van der Waals surface area contributed by atoms with Crippen LogP contribution < -0.4 is 16.0 Å². The Hall–Kier alpha value is -4.43. The fourth-order valence-corrected chi connectivity index (χ4v) is 3.00. The molecule has 30 heavy (non-hydrogen) atoms. The van der Waals surface area contributed by atoms with E-state index < -0.39 is 0 Å². The van der Waals surface area contributed by atoms with Crippen LogP contribution in [0.2, 0.25) is 0 Å². The van der Waals surface area contributed by atoms with Gasteiger partial charge in [-0.15, -0.1) is 0 Å². The van der Waals surface area contributed by atoms with Crippen LogP contribution in [0.1, 0.15) is 23.7 Å². The highest BCUT2D eigenvalue weighted by atomic mass is 16.1. The third-order valence-electron chi connectivity index (χ3n) is 4.31. The van der Waals surface area contributed by atoms with Crippen molar-refractivity contribution in [2.75, 3.05) is 23.0 Å². The van der Waals surface area contributed by atoms with Gasteiger partial charge in [-0.1, -0.05) is 18.2 Å². The zero-order valence-electron chi connectivity index (χ0n) is 16.5. The molecule has 0 atom stereocenters. The van der Waals surface area contributed by atoms with Gasteiger partial charge >= 0.3 is 0 Å². The van der Waals surface area contributed by atoms with E-state index in [0.717, 1.165) is 5.69 Å². The maximum atomic E-state index is 11.3. The molecular weight excluding hydrogens is 378 g/mol. The van der Waals surface area contributed by atoms with Crippen molar-refractivity contribution in [1.29, 1.82) is 10.5 Å². The third-order valence-corrected chi connectivity index (χ3v) is 4.31. The van der Waals surface area contributed by atoms with Gasteiger partial charge in [0.15, 0.2) is 0 Å². The Kier molecular flexibility index (Phi) is 6.21. The van der Waals surface area contributed by atoms with E-state index in [2.05, 4.69) is 38.1 Å². The normalized spacial score (nSPS) is 9.87. The van der Waals surface area contributed by atoms with Crippen molar-refractivity contribution >= 4 is 23.2 Å². The van der Waals surface area contributed by atoms with Gasteiger partial charge in [-0.3, -0.25) is 9.78 Å². The first-order chi connectivity index (χ1) is 14.6. The zero-order chi connectivity index (χ0) is 21.5. The van der Waals surface area contributed by atoms with Gasteiger partial charge in [0.25, 0.3) is 0 Å². The quantitative estimate of drug-likeness (QED) is 0.581.